The Hall–Kier alpha value is -3.07. The maximum absolute atomic E-state index is 12.9. The van der Waals surface area contributed by atoms with Crippen molar-refractivity contribution < 1.29 is 18.4 Å². The minimum absolute atomic E-state index is 0.0337. The topological polar surface area (TPSA) is 108 Å². The molecule has 1 aromatic heterocycles. The van der Waals surface area contributed by atoms with Crippen LogP contribution < -0.4 is 5.32 Å². The van der Waals surface area contributed by atoms with E-state index in [2.05, 4.69) is 15.3 Å². The van der Waals surface area contributed by atoms with E-state index in [0.29, 0.717) is 5.75 Å². The van der Waals surface area contributed by atoms with E-state index in [1.807, 2.05) is 0 Å². The Kier molecular flexibility index (Phi) is 4.85. The summed E-state index contributed by atoms with van der Waals surface area (Å²) in [4.78, 5) is 31.4. The van der Waals surface area contributed by atoms with Crippen LogP contribution in [0.15, 0.2) is 57.1 Å². The number of benzene rings is 1. The van der Waals surface area contributed by atoms with Gasteiger partial charge < -0.3 is 4.42 Å². The molecule has 3 rings (SSSR count). The molecule has 0 saturated carbocycles. The van der Waals surface area contributed by atoms with Crippen LogP contribution in [0, 0.1) is 11.2 Å². The summed E-state index contributed by atoms with van der Waals surface area (Å²) >= 11 is 1.18. The molecule has 7 nitrogen and oxygen atoms in total. The first kappa shape index (κ1) is 16.8. The van der Waals surface area contributed by atoms with Crippen LogP contribution >= 0.6 is 11.8 Å². The maximum atomic E-state index is 12.9. The van der Waals surface area contributed by atoms with Crippen LogP contribution in [0.4, 0.5) is 4.39 Å². The van der Waals surface area contributed by atoms with Gasteiger partial charge in [-0.15, -0.1) is 0 Å². The van der Waals surface area contributed by atoms with Gasteiger partial charge in [0.1, 0.15) is 5.82 Å². The zero-order valence-corrected chi connectivity index (χ0v) is 13.5. The standard InChI is InChI=1S/C16H11FN4O3S/c17-10-5-3-9(4-6-10)8-25-16-20-13(18)12(15(23)21-16)19-14(22)11-2-1-7-24-11/h1-7H,8H2,(H2,18,20,21,23). The highest BCUT2D eigenvalue weighted by Crippen LogP contribution is 2.15. The molecule has 0 radical (unpaired) electrons. The van der Waals surface area contributed by atoms with E-state index >= 15 is 0 Å². The quantitative estimate of drug-likeness (QED) is 0.878. The molecule has 2 amide bonds. The summed E-state index contributed by atoms with van der Waals surface area (Å²) in [6.45, 7) is 0. The molecule has 2 heterocycles. The molecule has 1 aromatic carbocycles. The molecular formula is C16H11FN4O3S. The first-order chi connectivity index (χ1) is 12.0. The van der Waals surface area contributed by atoms with Gasteiger partial charge in [-0.05, 0) is 29.8 Å². The monoisotopic (exact) mass is 358 g/mol. The van der Waals surface area contributed by atoms with Crippen molar-refractivity contribution in [3.8, 4) is 0 Å². The summed E-state index contributed by atoms with van der Waals surface area (Å²) in [7, 11) is 0. The van der Waals surface area contributed by atoms with Crippen LogP contribution in [0.25, 0.3) is 0 Å². The number of aliphatic imine (C=N–C) groups is 2. The molecule has 2 aromatic rings. The Bertz CT molecular complexity index is 889. The molecule has 2 N–H and O–H groups in total. The molecule has 0 atom stereocenters. The summed E-state index contributed by atoms with van der Waals surface area (Å²) in [5, 5.41) is 10.5. The van der Waals surface area contributed by atoms with E-state index in [9.17, 15) is 14.0 Å². The third-order valence-corrected chi connectivity index (χ3v) is 4.05. The Morgan fingerprint density at radius 1 is 1.32 bits per heavy atom. The molecule has 0 spiro atoms. The molecule has 25 heavy (non-hydrogen) atoms. The molecule has 9 heteroatoms. The van der Waals surface area contributed by atoms with Gasteiger partial charge in [0.25, 0.3) is 5.91 Å². The van der Waals surface area contributed by atoms with Crippen molar-refractivity contribution in [3.05, 3.63) is 59.8 Å². The van der Waals surface area contributed by atoms with Crippen LogP contribution in [0.5, 0.6) is 0 Å². The highest BCUT2D eigenvalue weighted by atomic mass is 32.2. The van der Waals surface area contributed by atoms with Gasteiger partial charge in [-0.2, -0.15) is 4.99 Å². The lowest BCUT2D eigenvalue weighted by Crippen LogP contribution is -2.43. The number of carbonyl (C=O) groups excluding carboxylic acids is 2. The highest BCUT2D eigenvalue weighted by Gasteiger charge is 2.26. The molecule has 0 fully saturated rings. The zero-order chi connectivity index (χ0) is 17.8. The van der Waals surface area contributed by atoms with Gasteiger partial charge in [0.05, 0.1) is 6.26 Å². The zero-order valence-electron chi connectivity index (χ0n) is 12.7. The van der Waals surface area contributed by atoms with Crippen LogP contribution in [0.2, 0.25) is 0 Å². The van der Waals surface area contributed by atoms with Gasteiger partial charge >= 0.3 is 5.91 Å². The second kappa shape index (κ2) is 7.22. The Labute approximate surface area is 145 Å². The molecule has 0 bridgehead atoms. The normalized spacial score (nSPS) is 15.9. The van der Waals surface area contributed by atoms with Crippen molar-refractivity contribution in [2.75, 3.05) is 0 Å². The summed E-state index contributed by atoms with van der Waals surface area (Å²) in [5.74, 6) is -1.80. The van der Waals surface area contributed by atoms with Crippen LogP contribution in [-0.2, 0) is 10.5 Å². The van der Waals surface area contributed by atoms with Gasteiger partial charge in [-0.1, -0.05) is 23.9 Å². The molecular weight excluding hydrogens is 347 g/mol. The van der Waals surface area contributed by atoms with Crippen molar-refractivity contribution in [2.24, 2.45) is 9.98 Å². The summed E-state index contributed by atoms with van der Waals surface area (Å²) in [6, 6.07) is 8.84. The first-order valence-corrected chi connectivity index (χ1v) is 8.04. The number of carbonyl (C=O) groups is 2. The predicted octanol–water partition coefficient (Wildman–Crippen LogP) is 2.40. The number of amidine groups is 2. The maximum Gasteiger partial charge on any atom is 0.313 e. The average molecular weight is 358 g/mol. The van der Waals surface area contributed by atoms with Crippen molar-refractivity contribution >= 4 is 40.3 Å². The van der Waals surface area contributed by atoms with Crippen LogP contribution in [0.1, 0.15) is 16.1 Å². The number of furan rings is 1. The fraction of sp³-hybridized carbons (Fsp3) is 0.0625. The SMILES string of the molecule is N=C1N=C(SCc2ccc(F)cc2)NC(=O)C1=NC(=O)c1ccco1. The number of rotatable bonds is 3. The lowest BCUT2D eigenvalue weighted by Gasteiger charge is -2.14. The molecule has 0 saturated heterocycles. The highest BCUT2D eigenvalue weighted by molar-refractivity contribution is 8.13. The fourth-order valence-electron chi connectivity index (χ4n) is 1.91. The number of amides is 2. The molecule has 126 valence electrons. The van der Waals surface area contributed by atoms with Gasteiger partial charge in [-0.3, -0.25) is 20.3 Å². The predicted molar refractivity (Wildman–Crippen MR) is 91.5 cm³/mol. The average Bonchev–Trinajstić information content (AvgIpc) is 3.12. The third-order valence-electron chi connectivity index (χ3n) is 3.11. The molecule has 0 unspecified atom stereocenters. The Balaban J connectivity index is 1.69. The smallest absolute Gasteiger partial charge is 0.313 e. The second-order valence-electron chi connectivity index (χ2n) is 4.88. The number of hydrogen-bond acceptors (Lipinski definition) is 5. The largest absolute Gasteiger partial charge is 0.459 e. The van der Waals surface area contributed by atoms with Crippen molar-refractivity contribution in [1.29, 1.82) is 5.41 Å². The van der Waals surface area contributed by atoms with Gasteiger partial charge in [0, 0.05) is 5.75 Å². The Morgan fingerprint density at radius 3 is 2.72 bits per heavy atom. The number of halogens is 1. The van der Waals surface area contributed by atoms with Crippen molar-refractivity contribution in [3.63, 3.8) is 0 Å². The fourth-order valence-corrected chi connectivity index (χ4v) is 2.72. The van der Waals surface area contributed by atoms with Gasteiger partial charge in [-0.25, -0.2) is 9.38 Å². The third kappa shape index (κ3) is 4.07. The van der Waals surface area contributed by atoms with Crippen molar-refractivity contribution in [2.45, 2.75) is 5.75 Å². The lowest BCUT2D eigenvalue weighted by molar-refractivity contribution is -0.113. The van der Waals surface area contributed by atoms with E-state index in [0.717, 1.165) is 5.56 Å². The molecule has 0 aliphatic carbocycles. The number of nitrogens with one attached hydrogen (secondary N) is 2. The van der Waals surface area contributed by atoms with E-state index in [1.54, 1.807) is 12.1 Å². The molecule has 1 aliphatic rings. The number of nitrogens with zero attached hydrogens (tertiary/aromatic N) is 2. The second-order valence-corrected chi connectivity index (χ2v) is 5.84. The van der Waals surface area contributed by atoms with Crippen LogP contribution in [0.3, 0.4) is 0 Å². The van der Waals surface area contributed by atoms with Gasteiger partial charge in [0.15, 0.2) is 22.5 Å². The van der Waals surface area contributed by atoms with E-state index in [4.69, 9.17) is 9.83 Å². The minimum Gasteiger partial charge on any atom is -0.459 e. The lowest BCUT2D eigenvalue weighted by atomic mass is 10.2. The Morgan fingerprint density at radius 2 is 2.08 bits per heavy atom. The summed E-state index contributed by atoms with van der Waals surface area (Å²) < 4.78 is 17.8. The number of thioether (sulfide) groups is 1. The van der Waals surface area contributed by atoms with Crippen molar-refractivity contribution in [1.82, 2.24) is 5.32 Å². The number of hydrogen-bond donors (Lipinski definition) is 2. The van der Waals surface area contributed by atoms with E-state index in [-0.39, 0.29) is 22.5 Å². The van der Waals surface area contributed by atoms with E-state index in [1.165, 1.54) is 42.3 Å². The first-order valence-electron chi connectivity index (χ1n) is 7.05. The summed E-state index contributed by atoms with van der Waals surface area (Å²) in [5.41, 5.74) is 0.454. The summed E-state index contributed by atoms with van der Waals surface area (Å²) in [6.07, 6.45) is 1.31. The van der Waals surface area contributed by atoms with Gasteiger partial charge in [0.2, 0.25) is 0 Å². The van der Waals surface area contributed by atoms with E-state index < -0.39 is 17.6 Å². The molecule has 1 aliphatic heterocycles. The van der Waals surface area contributed by atoms with Crippen LogP contribution in [-0.4, -0.2) is 28.5 Å². The minimum atomic E-state index is -0.766.